The van der Waals surface area contributed by atoms with Gasteiger partial charge in [-0.1, -0.05) is 184 Å². The van der Waals surface area contributed by atoms with Gasteiger partial charge in [-0.3, -0.25) is 0 Å². The van der Waals surface area contributed by atoms with Crippen molar-refractivity contribution in [2.24, 2.45) is 0 Å². The van der Waals surface area contributed by atoms with Crippen LogP contribution in [-0.4, -0.2) is 4.57 Å². The Bertz CT molecular complexity index is 3470. The summed E-state index contributed by atoms with van der Waals surface area (Å²) in [5, 5.41) is 5.04. The fourth-order valence-electron chi connectivity index (χ4n) is 10.3. The van der Waals surface area contributed by atoms with Crippen LogP contribution in [0, 0.1) is 0 Å². The minimum Gasteiger partial charge on any atom is -0.310 e. The molecule has 0 bridgehead atoms. The first kappa shape index (κ1) is 36.9. The van der Waals surface area contributed by atoms with Crippen LogP contribution in [0.25, 0.3) is 82.8 Å². The zero-order valence-electron chi connectivity index (χ0n) is 35.3. The number of rotatable bonds is 7. The summed E-state index contributed by atoms with van der Waals surface area (Å²) >= 11 is 0. The van der Waals surface area contributed by atoms with Gasteiger partial charge in [0.25, 0.3) is 0 Å². The van der Waals surface area contributed by atoms with Crippen molar-refractivity contribution in [2.45, 2.75) is 19.3 Å². The van der Waals surface area contributed by atoms with Crippen molar-refractivity contribution < 1.29 is 0 Å². The molecular formula is C61H44N2. The molecule has 1 aromatic heterocycles. The zero-order chi connectivity index (χ0) is 42.1. The summed E-state index contributed by atoms with van der Waals surface area (Å²) in [7, 11) is 0. The third-order valence-electron chi connectivity index (χ3n) is 13.4. The van der Waals surface area contributed by atoms with Crippen LogP contribution in [0.3, 0.4) is 0 Å². The molecule has 0 fully saturated rings. The molecule has 2 nitrogen and oxygen atoms in total. The first-order chi connectivity index (χ1) is 31.0. The number of hydrogen-bond donors (Lipinski definition) is 0. The van der Waals surface area contributed by atoms with Crippen LogP contribution in [0.5, 0.6) is 0 Å². The molecule has 0 radical (unpaired) electrons. The molecule has 0 aliphatic heterocycles. The van der Waals surface area contributed by atoms with Crippen molar-refractivity contribution >= 4 is 49.6 Å². The number of anilines is 3. The van der Waals surface area contributed by atoms with Gasteiger partial charge in [-0.05, 0) is 122 Å². The summed E-state index contributed by atoms with van der Waals surface area (Å²) in [4.78, 5) is 2.41. The second kappa shape index (κ2) is 14.6. The van der Waals surface area contributed by atoms with Gasteiger partial charge in [0, 0.05) is 38.8 Å². The van der Waals surface area contributed by atoms with Crippen molar-refractivity contribution in [3.05, 3.63) is 242 Å². The van der Waals surface area contributed by atoms with Gasteiger partial charge in [0.1, 0.15) is 0 Å². The van der Waals surface area contributed by atoms with Crippen molar-refractivity contribution in [1.29, 1.82) is 0 Å². The van der Waals surface area contributed by atoms with Gasteiger partial charge >= 0.3 is 0 Å². The maximum absolute atomic E-state index is 2.42. The maximum atomic E-state index is 2.42. The van der Waals surface area contributed by atoms with Gasteiger partial charge < -0.3 is 9.47 Å². The average molecular weight is 805 g/mol. The second-order valence-electron chi connectivity index (χ2n) is 17.3. The minimum absolute atomic E-state index is 0.110. The molecule has 1 aliphatic rings. The first-order valence-corrected chi connectivity index (χ1v) is 21.9. The highest BCUT2D eigenvalue weighted by Gasteiger charge is 2.35. The number of hydrogen-bond acceptors (Lipinski definition) is 1. The van der Waals surface area contributed by atoms with E-state index in [-0.39, 0.29) is 5.41 Å². The zero-order valence-corrected chi connectivity index (χ0v) is 35.3. The minimum atomic E-state index is -0.110. The Kier molecular flexibility index (Phi) is 8.55. The third-order valence-corrected chi connectivity index (χ3v) is 13.4. The summed E-state index contributed by atoms with van der Waals surface area (Å²) < 4.78 is 2.42. The summed E-state index contributed by atoms with van der Waals surface area (Å²) in [6.45, 7) is 4.71. The molecule has 1 heterocycles. The Labute approximate surface area is 368 Å². The summed E-state index contributed by atoms with van der Waals surface area (Å²) in [6, 6.07) is 84.6. The van der Waals surface area contributed by atoms with Gasteiger partial charge in [0.15, 0.2) is 0 Å². The molecule has 0 N–H and O–H groups in total. The van der Waals surface area contributed by atoms with Crippen molar-refractivity contribution in [3.8, 4) is 50.2 Å². The fraction of sp³-hybridized carbons (Fsp3) is 0.0492. The molecule has 0 unspecified atom stereocenters. The predicted molar refractivity (Wildman–Crippen MR) is 267 cm³/mol. The summed E-state index contributed by atoms with van der Waals surface area (Å²) in [5.41, 5.74) is 19.4. The number of benzene rings is 10. The van der Waals surface area contributed by atoms with Gasteiger partial charge in [0.2, 0.25) is 0 Å². The molecule has 0 atom stereocenters. The van der Waals surface area contributed by atoms with E-state index >= 15 is 0 Å². The third kappa shape index (κ3) is 6.02. The van der Waals surface area contributed by atoms with Crippen LogP contribution < -0.4 is 4.90 Å². The Morgan fingerprint density at radius 2 is 0.857 bits per heavy atom. The lowest BCUT2D eigenvalue weighted by atomic mass is 9.82. The molecule has 0 saturated heterocycles. The highest BCUT2D eigenvalue weighted by molar-refractivity contribution is 6.09. The summed E-state index contributed by atoms with van der Waals surface area (Å²) in [5.74, 6) is 0. The summed E-state index contributed by atoms with van der Waals surface area (Å²) in [6.07, 6.45) is 0. The van der Waals surface area contributed by atoms with Gasteiger partial charge in [-0.2, -0.15) is 0 Å². The maximum Gasteiger partial charge on any atom is 0.0541 e. The lowest BCUT2D eigenvalue weighted by Gasteiger charge is -2.28. The first-order valence-electron chi connectivity index (χ1n) is 21.9. The Morgan fingerprint density at radius 1 is 0.333 bits per heavy atom. The fourth-order valence-corrected chi connectivity index (χ4v) is 10.3. The standard InChI is InChI=1S/C61H44N2/c1-61(2)56-25-9-5-21-52(56)53-38-37-48(40-57(53)61)62(47-35-31-43(32-36-47)50-24-14-16-42-15-3-4-19-49(42)50)46-33-29-41(30-34-46)44-17-13-18-45(39-44)51-20-6-10-26-58(51)63-59-27-11-7-22-54(59)55-23-8-12-28-60(55)63/h3-40H,1-2H3. The Hall–Kier alpha value is -7.94. The lowest BCUT2D eigenvalue weighted by Crippen LogP contribution is -2.16. The molecule has 11 aromatic rings. The largest absolute Gasteiger partial charge is 0.310 e. The molecule has 63 heavy (non-hydrogen) atoms. The smallest absolute Gasteiger partial charge is 0.0541 e. The molecule has 0 spiro atoms. The molecule has 1 aliphatic carbocycles. The van der Waals surface area contributed by atoms with Crippen molar-refractivity contribution in [3.63, 3.8) is 0 Å². The van der Waals surface area contributed by atoms with Crippen LogP contribution in [0.2, 0.25) is 0 Å². The second-order valence-corrected chi connectivity index (χ2v) is 17.3. The van der Waals surface area contributed by atoms with E-state index in [0.29, 0.717) is 0 Å². The quantitative estimate of drug-likeness (QED) is 0.156. The van der Waals surface area contributed by atoms with Crippen molar-refractivity contribution in [2.75, 3.05) is 4.90 Å². The molecule has 10 aromatic carbocycles. The van der Waals surface area contributed by atoms with Crippen LogP contribution >= 0.6 is 0 Å². The normalized spacial score (nSPS) is 12.7. The number of aromatic nitrogens is 1. The average Bonchev–Trinajstić information content (AvgIpc) is 3.80. The lowest BCUT2D eigenvalue weighted by molar-refractivity contribution is 0.660. The molecule has 0 saturated carbocycles. The Morgan fingerprint density at radius 3 is 1.60 bits per heavy atom. The van der Waals surface area contributed by atoms with E-state index in [4.69, 9.17) is 0 Å². The van der Waals surface area contributed by atoms with Crippen LogP contribution in [0.1, 0.15) is 25.0 Å². The predicted octanol–water partition coefficient (Wildman–Crippen LogP) is 16.7. The van der Waals surface area contributed by atoms with E-state index < -0.39 is 0 Å². The van der Waals surface area contributed by atoms with E-state index in [1.165, 1.54) is 93.9 Å². The highest BCUT2D eigenvalue weighted by Crippen LogP contribution is 2.51. The van der Waals surface area contributed by atoms with E-state index in [1.54, 1.807) is 0 Å². The van der Waals surface area contributed by atoms with Crippen LogP contribution in [-0.2, 0) is 5.41 Å². The molecule has 12 rings (SSSR count). The Balaban J connectivity index is 0.939. The molecule has 298 valence electrons. The van der Waals surface area contributed by atoms with Gasteiger partial charge in [-0.25, -0.2) is 0 Å². The molecule has 2 heteroatoms. The van der Waals surface area contributed by atoms with Crippen LogP contribution in [0.15, 0.2) is 231 Å². The molecular weight excluding hydrogens is 761 g/mol. The topological polar surface area (TPSA) is 8.17 Å². The number of fused-ring (bicyclic) bond motifs is 7. The van der Waals surface area contributed by atoms with Gasteiger partial charge in [-0.15, -0.1) is 0 Å². The SMILES string of the molecule is CC1(C)c2ccccc2-c2ccc(N(c3ccc(-c4cccc(-c5ccccc5-n5c6ccccc6c6ccccc65)c4)cc3)c3ccc(-c4cccc5ccccc45)cc3)cc21. The van der Waals surface area contributed by atoms with E-state index in [1.807, 2.05) is 0 Å². The molecule has 0 amide bonds. The van der Waals surface area contributed by atoms with E-state index in [9.17, 15) is 0 Å². The monoisotopic (exact) mass is 804 g/mol. The van der Waals surface area contributed by atoms with E-state index in [0.717, 1.165) is 17.1 Å². The van der Waals surface area contributed by atoms with E-state index in [2.05, 4.69) is 254 Å². The number of nitrogens with zero attached hydrogens (tertiary/aromatic N) is 2. The number of para-hydroxylation sites is 3. The van der Waals surface area contributed by atoms with Crippen molar-refractivity contribution in [1.82, 2.24) is 4.57 Å². The van der Waals surface area contributed by atoms with Crippen LogP contribution in [0.4, 0.5) is 17.1 Å². The highest BCUT2D eigenvalue weighted by atomic mass is 15.1. The van der Waals surface area contributed by atoms with Gasteiger partial charge in [0.05, 0.1) is 16.7 Å².